The first-order chi connectivity index (χ1) is 10.4. The van der Waals surface area contributed by atoms with Gasteiger partial charge in [-0.3, -0.25) is 4.79 Å². The number of primary amides is 1. The van der Waals surface area contributed by atoms with E-state index in [-0.39, 0.29) is 17.9 Å². The molecule has 0 spiro atoms. The molecule has 1 aromatic carbocycles. The lowest BCUT2D eigenvalue weighted by molar-refractivity contribution is -0.123. The number of nitrogens with two attached hydrogens (primary N) is 1. The van der Waals surface area contributed by atoms with Crippen molar-refractivity contribution < 1.29 is 9.59 Å². The van der Waals surface area contributed by atoms with Crippen molar-refractivity contribution in [1.82, 2.24) is 10.2 Å². The van der Waals surface area contributed by atoms with Crippen molar-refractivity contribution in [3.63, 3.8) is 0 Å². The normalized spacial score (nSPS) is 17.1. The van der Waals surface area contributed by atoms with Crippen molar-refractivity contribution in [3.8, 4) is 0 Å². The van der Waals surface area contributed by atoms with Crippen molar-refractivity contribution in [2.24, 2.45) is 5.73 Å². The van der Waals surface area contributed by atoms with Crippen molar-refractivity contribution in [2.45, 2.75) is 31.7 Å². The van der Waals surface area contributed by atoms with Gasteiger partial charge in [-0.2, -0.15) is 0 Å². The third-order valence-corrected chi connectivity index (χ3v) is 4.73. The average molecular weight is 344 g/mol. The van der Waals surface area contributed by atoms with Gasteiger partial charge in [-0.1, -0.05) is 29.3 Å². The van der Waals surface area contributed by atoms with Crippen LogP contribution in [0.4, 0.5) is 4.79 Å². The fourth-order valence-corrected chi connectivity index (χ4v) is 2.81. The highest BCUT2D eigenvalue weighted by Gasteiger charge is 2.24. The van der Waals surface area contributed by atoms with Crippen LogP contribution in [0.1, 0.15) is 31.2 Å². The van der Waals surface area contributed by atoms with E-state index < -0.39 is 6.03 Å². The highest BCUT2D eigenvalue weighted by atomic mass is 35.5. The molecule has 0 radical (unpaired) electrons. The molecule has 1 aromatic rings. The zero-order chi connectivity index (χ0) is 16.3. The van der Waals surface area contributed by atoms with Gasteiger partial charge in [0, 0.05) is 19.1 Å². The molecule has 1 saturated heterocycles. The number of amides is 3. The van der Waals surface area contributed by atoms with Crippen molar-refractivity contribution in [3.05, 3.63) is 33.8 Å². The molecule has 22 heavy (non-hydrogen) atoms. The maximum absolute atomic E-state index is 12.3. The van der Waals surface area contributed by atoms with Gasteiger partial charge in [0.15, 0.2) is 0 Å². The second-order valence-corrected chi connectivity index (χ2v) is 6.32. The molecule has 5 nitrogen and oxygen atoms in total. The van der Waals surface area contributed by atoms with E-state index in [2.05, 4.69) is 5.32 Å². The van der Waals surface area contributed by atoms with Crippen LogP contribution in [0, 0.1) is 0 Å². The van der Waals surface area contributed by atoms with Crippen LogP contribution in [0.15, 0.2) is 18.2 Å². The number of carbonyl (C=O) groups excluding carboxylic acids is 2. The molecule has 0 aromatic heterocycles. The fourth-order valence-electron chi connectivity index (χ4n) is 2.50. The van der Waals surface area contributed by atoms with Crippen LogP contribution in [-0.4, -0.2) is 36.0 Å². The summed E-state index contributed by atoms with van der Waals surface area (Å²) < 4.78 is 0. The van der Waals surface area contributed by atoms with E-state index in [0.717, 1.165) is 5.56 Å². The lowest BCUT2D eigenvalue weighted by Gasteiger charge is -2.31. The number of hydrogen-bond donors (Lipinski definition) is 2. The Morgan fingerprint density at radius 3 is 2.45 bits per heavy atom. The van der Waals surface area contributed by atoms with Gasteiger partial charge in [-0.05, 0) is 37.5 Å². The van der Waals surface area contributed by atoms with E-state index in [9.17, 15) is 9.59 Å². The van der Waals surface area contributed by atoms with Crippen LogP contribution in [0.2, 0.25) is 10.0 Å². The first kappa shape index (κ1) is 16.9. The number of nitrogens with one attached hydrogen (secondary N) is 1. The number of piperidine rings is 1. The molecule has 2 rings (SSSR count). The van der Waals surface area contributed by atoms with Crippen molar-refractivity contribution in [1.29, 1.82) is 0 Å². The van der Waals surface area contributed by atoms with Gasteiger partial charge < -0.3 is 16.0 Å². The number of rotatable bonds is 3. The Balaban J connectivity index is 1.92. The molecular weight excluding hydrogens is 325 g/mol. The van der Waals surface area contributed by atoms with Crippen molar-refractivity contribution in [2.75, 3.05) is 13.1 Å². The monoisotopic (exact) mass is 343 g/mol. The number of benzene rings is 1. The van der Waals surface area contributed by atoms with Crippen LogP contribution in [-0.2, 0) is 4.79 Å². The maximum Gasteiger partial charge on any atom is 0.314 e. The maximum atomic E-state index is 12.3. The number of likely N-dealkylation sites (tertiary alicyclic amines) is 1. The van der Waals surface area contributed by atoms with Crippen LogP contribution in [0.3, 0.4) is 0 Å². The van der Waals surface area contributed by atoms with Crippen molar-refractivity contribution >= 4 is 35.1 Å². The highest BCUT2D eigenvalue weighted by Crippen LogP contribution is 2.26. The van der Waals surface area contributed by atoms with Gasteiger partial charge in [-0.15, -0.1) is 0 Å². The zero-order valence-corrected chi connectivity index (χ0v) is 13.8. The summed E-state index contributed by atoms with van der Waals surface area (Å²) in [6.07, 6.45) is 1.42. The Labute approximate surface area is 139 Å². The standard InChI is InChI=1S/C15H19Cl2N3O2/c1-9(10-2-3-12(16)13(17)8-10)14(21)19-11-4-6-20(7-5-11)15(18)22/h2-3,8-9,11H,4-7H2,1H3,(H2,18,22)(H,19,21)/t9-/m0/s1. The Hall–Kier alpha value is -1.46. The summed E-state index contributed by atoms with van der Waals surface area (Å²) in [4.78, 5) is 25.0. The third-order valence-electron chi connectivity index (χ3n) is 3.99. The largest absolute Gasteiger partial charge is 0.353 e. The van der Waals surface area contributed by atoms with Crippen LogP contribution in [0.25, 0.3) is 0 Å². The number of halogens is 2. The van der Waals surface area contributed by atoms with E-state index in [1.54, 1.807) is 23.1 Å². The summed E-state index contributed by atoms with van der Waals surface area (Å²) in [6, 6.07) is 4.86. The number of hydrogen-bond acceptors (Lipinski definition) is 2. The summed E-state index contributed by atoms with van der Waals surface area (Å²) in [6.45, 7) is 2.97. The molecule has 0 unspecified atom stereocenters. The topological polar surface area (TPSA) is 75.4 Å². The van der Waals surface area contributed by atoms with Gasteiger partial charge in [-0.25, -0.2) is 4.79 Å². The Kier molecular flexibility index (Phi) is 5.53. The molecule has 1 aliphatic rings. The second-order valence-electron chi connectivity index (χ2n) is 5.50. The van der Waals surface area contributed by atoms with Crippen LogP contribution in [0.5, 0.6) is 0 Å². The van der Waals surface area contributed by atoms with E-state index >= 15 is 0 Å². The van der Waals surface area contributed by atoms with E-state index in [0.29, 0.717) is 36.0 Å². The fraction of sp³-hybridized carbons (Fsp3) is 0.467. The van der Waals surface area contributed by atoms with Gasteiger partial charge in [0.25, 0.3) is 0 Å². The second kappa shape index (κ2) is 7.20. The van der Waals surface area contributed by atoms with Crippen LogP contribution < -0.4 is 11.1 Å². The first-order valence-corrected chi connectivity index (χ1v) is 7.93. The predicted molar refractivity (Wildman–Crippen MR) is 87.2 cm³/mol. The molecule has 0 aliphatic carbocycles. The molecule has 0 bridgehead atoms. The highest BCUT2D eigenvalue weighted by molar-refractivity contribution is 6.42. The van der Waals surface area contributed by atoms with E-state index in [4.69, 9.17) is 28.9 Å². The minimum Gasteiger partial charge on any atom is -0.353 e. The van der Waals surface area contributed by atoms with Gasteiger partial charge in [0.2, 0.25) is 5.91 Å². The van der Waals surface area contributed by atoms with Crippen LogP contribution >= 0.6 is 23.2 Å². The number of urea groups is 1. The molecule has 1 aliphatic heterocycles. The molecule has 1 heterocycles. The molecule has 3 N–H and O–H groups in total. The minimum absolute atomic E-state index is 0.0593. The molecular formula is C15H19Cl2N3O2. The predicted octanol–water partition coefficient (Wildman–Crippen LogP) is 2.76. The lowest BCUT2D eigenvalue weighted by atomic mass is 9.98. The summed E-state index contributed by atoms with van der Waals surface area (Å²) >= 11 is 11.9. The quantitative estimate of drug-likeness (QED) is 0.885. The lowest BCUT2D eigenvalue weighted by Crippen LogP contribution is -2.48. The van der Waals surface area contributed by atoms with Gasteiger partial charge in [0.1, 0.15) is 0 Å². The SMILES string of the molecule is C[C@H](C(=O)NC1CCN(C(N)=O)CC1)c1ccc(Cl)c(Cl)c1. The molecule has 1 fully saturated rings. The summed E-state index contributed by atoms with van der Waals surface area (Å²) in [5, 5.41) is 3.92. The Bertz CT molecular complexity index is 572. The molecule has 3 amide bonds. The number of nitrogens with zero attached hydrogens (tertiary/aromatic N) is 1. The van der Waals surface area contributed by atoms with Gasteiger partial charge in [0.05, 0.1) is 16.0 Å². The number of carbonyl (C=O) groups is 2. The first-order valence-electron chi connectivity index (χ1n) is 7.18. The van der Waals surface area contributed by atoms with E-state index in [1.807, 2.05) is 6.92 Å². The Morgan fingerprint density at radius 2 is 1.91 bits per heavy atom. The third kappa shape index (κ3) is 4.05. The molecule has 0 saturated carbocycles. The minimum atomic E-state index is -0.408. The smallest absolute Gasteiger partial charge is 0.314 e. The summed E-state index contributed by atoms with van der Waals surface area (Å²) in [7, 11) is 0. The molecule has 1 atom stereocenters. The van der Waals surface area contributed by atoms with Gasteiger partial charge >= 0.3 is 6.03 Å². The summed E-state index contributed by atoms with van der Waals surface area (Å²) in [5.74, 6) is -0.375. The Morgan fingerprint density at radius 1 is 1.27 bits per heavy atom. The average Bonchev–Trinajstić information content (AvgIpc) is 2.49. The molecule has 7 heteroatoms. The van der Waals surface area contributed by atoms with E-state index in [1.165, 1.54) is 0 Å². The molecule has 120 valence electrons. The zero-order valence-electron chi connectivity index (χ0n) is 12.3. The summed E-state index contributed by atoms with van der Waals surface area (Å²) in [5.41, 5.74) is 6.06.